The fourth-order valence-electron chi connectivity index (χ4n) is 4.89. The highest BCUT2D eigenvalue weighted by Gasteiger charge is 2.43. The summed E-state index contributed by atoms with van der Waals surface area (Å²) in [4.78, 5) is 30.1. The van der Waals surface area contributed by atoms with E-state index in [4.69, 9.17) is 9.47 Å². The lowest BCUT2D eigenvalue weighted by molar-refractivity contribution is -0.158. The first kappa shape index (κ1) is 25.7. The largest absolute Gasteiger partial charge is 0.497 e. The Hall–Kier alpha value is -2.36. The third kappa shape index (κ3) is 6.26. The fourth-order valence-corrected chi connectivity index (χ4v) is 6.80. The predicted octanol–water partition coefficient (Wildman–Crippen LogP) is 4.73. The predicted molar refractivity (Wildman–Crippen MR) is 142 cm³/mol. The maximum absolute atomic E-state index is 13.2. The average molecular weight is 516 g/mol. The van der Waals surface area contributed by atoms with Crippen LogP contribution in [0.4, 0.5) is 0 Å². The van der Waals surface area contributed by atoms with Gasteiger partial charge in [0.1, 0.15) is 5.75 Å². The number of esters is 1. The number of fused-ring (bicyclic) bond motifs is 1. The van der Waals surface area contributed by atoms with Crippen LogP contribution in [0.5, 0.6) is 5.75 Å². The van der Waals surface area contributed by atoms with E-state index in [0.717, 1.165) is 42.6 Å². The Morgan fingerprint density at radius 3 is 3.03 bits per heavy atom. The summed E-state index contributed by atoms with van der Waals surface area (Å²) in [6.07, 6.45) is 5.25. The molecule has 2 unspecified atom stereocenters. The van der Waals surface area contributed by atoms with Crippen LogP contribution in [0.3, 0.4) is 0 Å². The molecule has 35 heavy (non-hydrogen) atoms. The molecule has 1 aliphatic rings. The molecule has 0 saturated carbocycles. The van der Waals surface area contributed by atoms with Crippen LogP contribution in [0.25, 0.3) is 11.0 Å². The zero-order chi connectivity index (χ0) is 24.7. The van der Waals surface area contributed by atoms with Crippen LogP contribution < -0.4 is 15.6 Å². The van der Waals surface area contributed by atoms with Crippen LogP contribution in [0.1, 0.15) is 39.0 Å². The number of rotatable bonds is 11. The van der Waals surface area contributed by atoms with Crippen molar-refractivity contribution >= 4 is 40.1 Å². The van der Waals surface area contributed by atoms with Crippen molar-refractivity contribution in [3.05, 3.63) is 52.3 Å². The Bertz CT molecular complexity index is 1180. The minimum absolute atomic E-state index is 0.106. The van der Waals surface area contributed by atoms with Crippen LogP contribution in [-0.4, -0.2) is 47.6 Å². The maximum Gasteiger partial charge on any atom is 0.312 e. The first-order chi connectivity index (χ1) is 17.0. The van der Waals surface area contributed by atoms with Crippen LogP contribution in [0.2, 0.25) is 0 Å². The normalized spacial score (nSPS) is 20.1. The molecule has 1 aliphatic heterocycles. The van der Waals surface area contributed by atoms with Gasteiger partial charge in [-0.2, -0.15) is 0 Å². The van der Waals surface area contributed by atoms with Crippen molar-refractivity contribution in [2.75, 3.05) is 26.0 Å². The molecule has 188 valence electrons. The van der Waals surface area contributed by atoms with E-state index in [0.29, 0.717) is 31.7 Å². The summed E-state index contributed by atoms with van der Waals surface area (Å²) in [7, 11) is 1.61. The van der Waals surface area contributed by atoms with Crippen molar-refractivity contribution in [1.82, 2.24) is 14.9 Å². The molecule has 9 heteroatoms. The number of thioether (sulfide) groups is 1. The summed E-state index contributed by atoms with van der Waals surface area (Å²) >= 11 is 3.63. The van der Waals surface area contributed by atoms with Gasteiger partial charge in [0.25, 0.3) is 5.56 Å². The van der Waals surface area contributed by atoms with Crippen molar-refractivity contribution in [2.45, 2.75) is 55.8 Å². The van der Waals surface area contributed by atoms with Crippen LogP contribution >= 0.6 is 23.1 Å². The number of carbonyl (C=O) groups excluding carboxylic acids is 1. The van der Waals surface area contributed by atoms with Gasteiger partial charge in [-0.1, -0.05) is 6.07 Å². The molecule has 2 aromatic heterocycles. The lowest BCUT2D eigenvalue weighted by atomic mass is 9.72. The fraction of sp³-hybridized carbons (Fsp3) is 0.500. The number of piperidine rings is 1. The number of methoxy groups -OCH3 is 1. The summed E-state index contributed by atoms with van der Waals surface area (Å²) in [6, 6.07) is 10.0. The summed E-state index contributed by atoms with van der Waals surface area (Å²) in [5, 5.41) is 5.71. The van der Waals surface area contributed by atoms with Gasteiger partial charge in [0.05, 0.1) is 40.6 Å². The lowest BCUT2D eigenvalue weighted by Crippen LogP contribution is -2.48. The molecular weight excluding hydrogens is 482 g/mol. The second kappa shape index (κ2) is 12.1. The van der Waals surface area contributed by atoms with Gasteiger partial charge in [-0.05, 0) is 69.2 Å². The zero-order valence-electron chi connectivity index (χ0n) is 20.3. The van der Waals surface area contributed by atoms with E-state index in [9.17, 15) is 9.59 Å². The summed E-state index contributed by atoms with van der Waals surface area (Å²) in [5.74, 6) is 1.59. The number of carbonyl (C=O) groups is 1. The third-order valence-corrected chi connectivity index (χ3v) is 8.84. The highest BCUT2D eigenvalue weighted by Crippen LogP contribution is 2.39. The van der Waals surface area contributed by atoms with E-state index >= 15 is 0 Å². The number of aromatic nitrogens is 2. The van der Waals surface area contributed by atoms with Crippen molar-refractivity contribution in [2.24, 2.45) is 5.41 Å². The minimum Gasteiger partial charge on any atom is -0.497 e. The molecule has 0 aliphatic carbocycles. The number of hydrogen-bond acceptors (Lipinski definition) is 8. The third-order valence-electron chi connectivity index (χ3n) is 6.68. The van der Waals surface area contributed by atoms with Gasteiger partial charge in [-0.15, -0.1) is 23.1 Å². The highest BCUT2D eigenvalue weighted by atomic mass is 32.2. The first-order valence-corrected chi connectivity index (χ1v) is 14.0. The van der Waals surface area contributed by atoms with Gasteiger partial charge >= 0.3 is 5.97 Å². The van der Waals surface area contributed by atoms with E-state index in [1.807, 2.05) is 36.9 Å². The van der Waals surface area contributed by atoms with Crippen LogP contribution in [0.15, 0.2) is 50.9 Å². The highest BCUT2D eigenvalue weighted by molar-refractivity contribution is 8.01. The molecule has 1 N–H and O–H groups in total. The Kier molecular flexibility index (Phi) is 8.86. The summed E-state index contributed by atoms with van der Waals surface area (Å²) in [6.45, 7) is 3.54. The molecule has 0 amide bonds. The Morgan fingerprint density at radius 2 is 2.26 bits per heavy atom. The quantitative estimate of drug-likeness (QED) is 0.292. The van der Waals surface area contributed by atoms with Crippen molar-refractivity contribution in [3.8, 4) is 5.75 Å². The van der Waals surface area contributed by atoms with Crippen molar-refractivity contribution in [1.29, 1.82) is 0 Å². The molecule has 2 atom stereocenters. The van der Waals surface area contributed by atoms with Gasteiger partial charge in [-0.3, -0.25) is 9.59 Å². The molecule has 1 saturated heterocycles. The molecule has 0 radical (unpaired) electrons. The summed E-state index contributed by atoms with van der Waals surface area (Å²) < 4.78 is 14.0. The van der Waals surface area contributed by atoms with Gasteiger partial charge < -0.3 is 19.4 Å². The van der Waals surface area contributed by atoms with Gasteiger partial charge in [0.2, 0.25) is 0 Å². The smallest absolute Gasteiger partial charge is 0.312 e. The Labute approximate surface area is 214 Å². The van der Waals surface area contributed by atoms with Crippen molar-refractivity contribution in [3.63, 3.8) is 0 Å². The minimum atomic E-state index is -0.524. The monoisotopic (exact) mass is 515 g/mol. The lowest BCUT2D eigenvalue weighted by Gasteiger charge is -2.39. The van der Waals surface area contributed by atoms with Crippen molar-refractivity contribution < 1.29 is 14.3 Å². The van der Waals surface area contributed by atoms with Gasteiger partial charge in [-0.25, -0.2) is 4.98 Å². The molecule has 0 bridgehead atoms. The Balaban J connectivity index is 1.45. The number of thiophene rings is 1. The van der Waals surface area contributed by atoms with E-state index in [2.05, 4.69) is 27.8 Å². The molecular formula is C26H33N3O4S2. The summed E-state index contributed by atoms with van der Waals surface area (Å²) in [5.41, 5.74) is 0.820. The molecule has 0 spiro atoms. The second-order valence-electron chi connectivity index (χ2n) is 8.88. The van der Waals surface area contributed by atoms with E-state index < -0.39 is 5.41 Å². The number of ether oxygens (including phenoxy) is 2. The number of hydrogen-bond donors (Lipinski definition) is 1. The van der Waals surface area contributed by atoms with E-state index in [1.54, 1.807) is 23.0 Å². The SMILES string of the molecule is CCOC(=O)C1(CCCn2c(=O)cnc3ccc(OC)cc32)CCNC(CCSc2cccs2)C1. The molecule has 3 aromatic rings. The molecule has 3 heterocycles. The second-order valence-corrected chi connectivity index (χ2v) is 11.2. The molecule has 4 rings (SSSR count). The topological polar surface area (TPSA) is 82.5 Å². The molecule has 7 nitrogen and oxygen atoms in total. The molecule has 1 fully saturated rings. The maximum atomic E-state index is 13.2. The number of nitrogens with zero attached hydrogens (tertiary/aromatic N) is 2. The molecule has 1 aromatic carbocycles. The number of nitrogens with one attached hydrogen (secondary N) is 1. The standard InChI is InChI=1S/C26H33N3O4S2/c1-3-33-25(31)26(11-12-27-19(17-26)9-15-35-24-6-4-14-34-24)10-5-13-29-22-16-20(32-2)7-8-21(22)28-18-23(29)30/h4,6-8,14,16,18-19,27H,3,5,9-13,15,17H2,1-2H3. The van der Waals surface area contributed by atoms with Crippen LogP contribution in [0, 0.1) is 5.41 Å². The van der Waals surface area contributed by atoms with E-state index in [1.165, 1.54) is 10.4 Å². The average Bonchev–Trinajstić information content (AvgIpc) is 3.39. The van der Waals surface area contributed by atoms with Gasteiger partial charge in [0, 0.05) is 24.4 Å². The first-order valence-electron chi connectivity index (χ1n) is 12.1. The van der Waals surface area contributed by atoms with Crippen LogP contribution in [-0.2, 0) is 16.1 Å². The number of aryl methyl sites for hydroxylation is 1. The van der Waals surface area contributed by atoms with E-state index in [-0.39, 0.29) is 17.6 Å². The number of benzene rings is 1. The Morgan fingerprint density at radius 1 is 1.37 bits per heavy atom. The zero-order valence-corrected chi connectivity index (χ0v) is 22.0. The van der Waals surface area contributed by atoms with Gasteiger partial charge in [0.15, 0.2) is 0 Å².